The first-order valence-corrected chi connectivity index (χ1v) is 27.0. The van der Waals surface area contributed by atoms with Gasteiger partial charge in [-0.1, -0.05) is 239 Å². The van der Waals surface area contributed by atoms with Gasteiger partial charge >= 0.3 is 19.8 Å². The van der Waals surface area contributed by atoms with Crippen molar-refractivity contribution in [3.8, 4) is 0 Å². The molecule has 0 aliphatic carbocycles. The summed E-state index contributed by atoms with van der Waals surface area (Å²) in [5.41, 5.74) is 0. The SMILES string of the molecule is CCCCCCCCCCCCCCCCCCCCCC(=O)O[C@H](COC(=O)CCCCCCCCCCCCCCCCCCCC)COP(=O)(O)OC[C@@H](O)CO. The molecule has 358 valence electrons. The molecule has 0 spiro atoms. The summed E-state index contributed by atoms with van der Waals surface area (Å²) in [5.74, 6) is -0.902. The molecule has 0 bridgehead atoms. The summed E-state index contributed by atoms with van der Waals surface area (Å²) >= 11 is 0. The van der Waals surface area contributed by atoms with E-state index >= 15 is 0 Å². The lowest BCUT2D eigenvalue weighted by Gasteiger charge is -2.20. The van der Waals surface area contributed by atoms with Gasteiger partial charge in [0.05, 0.1) is 19.8 Å². The molecule has 0 radical (unpaired) electrons. The third-order valence-corrected chi connectivity index (χ3v) is 12.5. The van der Waals surface area contributed by atoms with Crippen molar-refractivity contribution in [2.24, 2.45) is 0 Å². The predicted octanol–water partition coefficient (Wildman–Crippen LogP) is 14.2. The summed E-state index contributed by atoms with van der Waals surface area (Å²) < 4.78 is 32.9. The van der Waals surface area contributed by atoms with Gasteiger partial charge in [-0.15, -0.1) is 0 Å². The number of esters is 2. The van der Waals surface area contributed by atoms with E-state index in [9.17, 15) is 24.2 Å². The molecule has 60 heavy (non-hydrogen) atoms. The minimum absolute atomic E-state index is 0.193. The first kappa shape index (κ1) is 59.0. The number of ether oxygens (including phenoxy) is 2. The Morgan fingerprint density at radius 3 is 1.03 bits per heavy atom. The van der Waals surface area contributed by atoms with E-state index in [1.165, 1.54) is 193 Å². The van der Waals surface area contributed by atoms with Gasteiger partial charge in [0.15, 0.2) is 6.10 Å². The summed E-state index contributed by atoms with van der Waals surface area (Å²) in [4.78, 5) is 35.2. The van der Waals surface area contributed by atoms with Crippen molar-refractivity contribution in [2.45, 2.75) is 276 Å². The second-order valence-corrected chi connectivity index (χ2v) is 19.0. The molecule has 3 atom stereocenters. The molecule has 0 aliphatic heterocycles. The molecule has 0 saturated heterocycles. The molecule has 0 rings (SSSR count). The first-order valence-electron chi connectivity index (χ1n) is 25.5. The second-order valence-electron chi connectivity index (χ2n) is 17.6. The van der Waals surface area contributed by atoms with Gasteiger partial charge in [-0.05, 0) is 12.8 Å². The van der Waals surface area contributed by atoms with Crippen LogP contribution < -0.4 is 0 Å². The van der Waals surface area contributed by atoms with Gasteiger partial charge in [0.25, 0.3) is 0 Å². The maximum atomic E-state index is 12.7. The number of phosphoric ester groups is 1. The molecule has 11 heteroatoms. The van der Waals surface area contributed by atoms with Crippen molar-refractivity contribution in [3.05, 3.63) is 0 Å². The fourth-order valence-electron chi connectivity index (χ4n) is 7.59. The Balaban J connectivity index is 4.13. The van der Waals surface area contributed by atoms with Gasteiger partial charge in [-0.25, -0.2) is 4.57 Å². The van der Waals surface area contributed by atoms with E-state index in [2.05, 4.69) is 13.8 Å². The monoisotopic (exact) mass is 877 g/mol. The van der Waals surface area contributed by atoms with Crippen LogP contribution in [-0.2, 0) is 32.7 Å². The van der Waals surface area contributed by atoms with Crippen LogP contribution >= 0.6 is 7.82 Å². The Morgan fingerprint density at radius 2 is 0.717 bits per heavy atom. The summed E-state index contributed by atoms with van der Waals surface area (Å²) in [6.45, 7) is 2.45. The van der Waals surface area contributed by atoms with Crippen LogP contribution in [-0.4, -0.2) is 65.7 Å². The molecule has 0 aromatic rings. The van der Waals surface area contributed by atoms with Crippen LogP contribution in [0.25, 0.3) is 0 Å². The average Bonchev–Trinajstić information content (AvgIpc) is 3.24. The van der Waals surface area contributed by atoms with Crippen LogP contribution in [0.3, 0.4) is 0 Å². The third-order valence-electron chi connectivity index (χ3n) is 11.5. The molecular weight excluding hydrogens is 780 g/mol. The van der Waals surface area contributed by atoms with Crippen molar-refractivity contribution in [2.75, 3.05) is 26.4 Å². The second kappa shape index (κ2) is 46.0. The molecule has 1 unspecified atom stereocenters. The smallest absolute Gasteiger partial charge is 0.462 e. The largest absolute Gasteiger partial charge is 0.472 e. The van der Waals surface area contributed by atoms with Crippen LogP contribution in [0, 0.1) is 0 Å². The number of hydrogen-bond donors (Lipinski definition) is 3. The maximum Gasteiger partial charge on any atom is 0.472 e. The Bertz CT molecular complexity index is 966. The average molecular weight is 877 g/mol. The summed E-state index contributed by atoms with van der Waals surface area (Å²) in [5, 5.41) is 18.4. The fraction of sp³-hybridized carbons (Fsp3) is 0.959. The van der Waals surface area contributed by atoms with Crippen LogP contribution in [0.2, 0.25) is 0 Å². The van der Waals surface area contributed by atoms with Gasteiger partial charge in [-0.2, -0.15) is 0 Å². The molecule has 0 saturated carbocycles. The van der Waals surface area contributed by atoms with Crippen molar-refractivity contribution < 1.29 is 47.8 Å². The molecule has 10 nitrogen and oxygen atoms in total. The summed E-state index contributed by atoms with van der Waals surface area (Å²) in [6, 6.07) is 0. The van der Waals surface area contributed by atoms with Crippen LogP contribution in [0.15, 0.2) is 0 Å². The van der Waals surface area contributed by atoms with E-state index in [0.29, 0.717) is 12.8 Å². The number of phosphoric acid groups is 1. The highest BCUT2D eigenvalue weighted by Crippen LogP contribution is 2.43. The van der Waals surface area contributed by atoms with E-state index in [0.717, 1.165) is 32.1 Å². The van der Waals surface area contributed by atoms with E-state index < -0.39 is 51.8 Å². The highest BCUT2D eigenvalue weighted by atomic mass is 31.2. The maximum absolute atomic E-state index is 12.7. The molecular formula is C49H97O10P. The van der Waals surface area contributed by atoms with E-state index in [4.69, 9.17) is 23.6 Å². The minimum Gasteiger partial charge on any atom is -0.462 e. The molecule has 0 heterocycles. The Labute approximate surface area is 369 Å². The highest BCUT2D eigenvalue weighted by Gasteiger charge is 2.27. The summed E-state index contributed by atoms with van der Waals surface area (Å²) in [7, 11) is -4.61. The zero-order valence-electron chi connectivity index (χ0n) is 39.2. The number of rotatable bonds is 49. The third kappa shape index (κ3) is 45.0. The molecule has 0 amide bonds. The Hall–Kier alpha value is -1.03. The molecule has 0 fully saturated rings. The van der Waals surface area contributed by atoms with Crippen molar-refractivity contribution in [1.29, 1.82) is 0 Å². The van der Waals surface area contributed by atoms with Gasteiger partial charge in [0, 0.05) is 12.8 Å². The van der Waals surface area contributed by atoms with Gasteiger partial charge in [0.1, 0.15) is 12.7 Å². The van der Waals surface area contributed by atoms with E-state index in [1.54, 1.807) is 0 Å². The van der Waals surface area contributed by atoms with Crippen molar-refractivity contribution in [3.63, 3.8) is 0 Å². The Morgan fingerprint density at radius 1 is 0.433 bits per heavy atom. The summed E-state index contributed by atoms with van der Waals surface area (Å²) in [6.07, 6.45) is 45.0. The van der Waals surface area contributed by atoms with Crippen LogP contribution in [0.5, 0.6) is 0 Å². The fourth-order valence-corrected chi connectivity index (χ4v) is 8.37. The van der Waals surface area contributed by atoms with Gasteiger partial charge < -0.3 is 24.6 Å². The molecule has 0 aromatic heterocycles. The quantitative estimate of drug-likeness (QED) is 0.0306. The number of carbonyl (C=O) groups is 2. The number of unbranched alkanes of at least 4 members (excludes halogenated alkanes) is 35. The highest BCUT2D eigenvalue weighted by molar-refractivity contribution is 7.47. The minimum atomic E-state index is -4.61. The predicted molar refractivity (Wildman–Crippen MR) is 247 cm³/mol. The first-order chi connectivity index (χ1) is 29.2. The lowest BCUT2D eigenvalue weighted by atomic mass is 10.0. The van der Waals surface area contributed by atoms with Crippen molar-refractivity contribution >= 4 is 19.8 Å². The molecule has 0 aromatic carbocycles. The Kier molecular flexibility index (Phi) is 45.2. The lowest BCUT2D eigenvalue weighted by Crippen LogP contribution is -2.29. The molecule has 3 N–H and O–H groups in total. The number of hydrogen-bond acceptors (Lipinski definition) is 9. The topological polar surface area (TPSA) is 149 Å². The standard InChI is InChI=1S/C49H97O10P/c1-3-5-7-9-11-13-15-17-19-21-23-25-27-29-31-33-35-37-39-41-49(53)59-47(45-58-60(54,55)57-43-46(51)42-50)44-56-48(52)40-38-36-34-32-30-28-26-24-22-20-18-16-14-12-10-8-6-4-2/h46-47,50-51H,3-45H2,1-2H3,(H,54,55)/t46-,47+/m0/s1. The normalized spacial score (nSPS) is 13.6. The zero-order valence-corrected chi connectivity index (χ0v) is 40.1. The number of aliphatic hydroxyl groups excluding tert-OH is 2. The zero-order chi connectivity index (χ0) is 44.0. The number of carbonyl (C=O) groups excluding carboxylic acids is 2. The number of aliphatic hydroxyl groups is 2. The van der Waals surface area contributed by atoms with Crippen molar-refractivity contribution in [1.82, 2.24) is 0 Å². The van der Waals surface area contributed by atoms with Gasteiger partial charge in [0.2, 0.25) is 0 Å². The van der Waals surface area contributed by atoms with Crippen LogP contribution in [0.4, 0.5) is 0 Å². The van der Waals surface area contributed by atoms with Gasteiger partial charge in [-0.3, -0.25) is 18.6 Å². The van der Waals surface area contributed by atoms with E-state index in [-0.39, 0.29) is 19.4 Å². The van der Waals surface area contributed by atoms with Crippen LogP contribution in [0.1, 0.15) is 264 Å². The molecule has 0 aliphatic rings. The van der Waals surface area contributed by atoms with E-state index in [1.807, 2.05) is 0 Å². The lowest BCUT2D eigenvalue weighted by molar-refractivity contribution is -0.161.